The van der Waals surface area contributed by atoms with Gasteiger partial charge in [-0.05, 0) is 47.2 Å². The predicted molar refractivity (Wildman–Crippen MR) is 84.4 cm³/mol. The number of hydrogen-bond donors (Lipinski definition) is 3. The SMILES string of the molecule is CCCc1nc(C(=O)Nc2ccc(I)cc2C(=O)O)n[nH]1. The van der Waals surface area contributed by atoms with Crippen LogP contribution in [0.3, 0.4) is 0 Å². The molecule has 7 nitrogen and oxygen atoms in total. The number of anilines is 1. The van der Waals surface area contributed by atoms with Gasteiger partial charge in [-0.2, -0.15) is 0 Å². The Labute approximate surface area is 134 Å². The van der Waals surface area contributed by atoms with Crippen LogP contribution in [-0.2, 0) is 6.42 Å². The number of carboxylic acids is 1. The van der Waals surface area contributed by atoms with E-state index in [1.165, 1.54) is 6.07 Å². The van der Waals surface area contributed by atoms with Crippen LogP contribution in [0.15, 0.2) is 18.2 Å². The lowest BCUT2D eigenvalue weighted by Crippen LogP contribution is -2.16. The van der Waals surface area contributed by atoms with Gasteiger partial charge in [0.05, 0.1) is 11.3 Å². The fourth-order valence-corrected chi connectivity index (χ4v) is 2.22. The number of nitrogens with one attached hydrogen (secondary N) is 2. The third-order valence-electron chi connectivity index (χ3n) is 2.68. The summed E-state index contributed by atoms with van der Waals surface area (Å²) in [5, 5.41) is 18.2. The third-order valence-corrected chi connectivity index (χ3v) is 3.35. The zero-order chi connectivity index (χ0) is 15.4. The molecule has 0 radical (unpaired) electrons. The molecule has 0 atom stereocenters. The largest absolute Gasteiger partial charge is 0.478 e. The van der Waals surface area contributed by atoms with Gasteiger partial charge in [0, 0.05) is 9.99 Å². The maximum atomic E-state index is 12.0. The van der Waals surface area contributed by atoms with Crippen LogP contribution < -0.4 is 5.32 Å². The summed E-state index contributed by atoms with van der Waals surface area (Å²) in [7, 11) is 0. The molecule has 0 aliphatic rings. The van der Waals surface area contributed by atoms with E-state index in [9.17, 15) is 9.59 Å². The first-order valence-corrected chi connectivity index (χ1v) is 7.34. The summed E-state index contributed by atoms with van der Waals surface area (Å²) in [6.45, 7) is 1.99. The van der Waals surface area contributed by atoms with Gasteiger partial charge in [-0.25, -0.2) is 9.78 Å². The van der Waals surface area contributed by atoms with E-state index >= 15 is 0 Å². The van der Waals surface area contributed by atoms with Gasteiger partial charge < -0.3 is 10.4 Å². The Kier molecular flexibility index (Phi) is 4.89. The van der Waals surface area contributed by atoms with Crippen molar-refractivity contribution in [2.75, 3.05) is 5.32 Å². The van der Waals surface area contributed by atoms with E-state index in [1.807, 2.05) is 29.5 Å². The van der Waals surface area contributed by atoms with E-state index in [2.05, 4.69) is 20.5 Å². The molecule has 21 heavy (non-hydrogen) atoms. The molecule has 2 rings (SSSR count). The van der Waals surface area contributed by atoms with Crippen LogP contribution in [0.25, 0.3) is 0 Å². The molecule has 1 heterocycles. The van der Waals surface area contributed by atoms with Crippen molar-refractivity contribution in [3.63, 3.8) is 0 Å². The van der Waals surface area contributed by atoms with Crippen LogP contribution in [0.5, 0.6) is 0 Å². The number of halogens is 1. The number of carbonyl (C=O) groups is 2. The van der Waals surface area contributed by atoms with Gasteiger partial charge in [-0.1, -0.05) is 6.92 Å². The van der Waals surface area contributed by atoms with Crippen LogP contribution in [-0.4, -0.2) is 32.2 Å². The van der Waals surface area contributed by atoms with Crippen molar-refractivity contribution in [1.82, 2.24) is 15.2 Å². The third kappa shape index (κ3) is 3.78. The van der Waals surface area contributed by atoms with Crippen LogP contribution in [0.1, 0.15) is 40.1 Å². The molecule has 0 aliphatic heterocycles. The predicted octanol–water partition coefficient (Wildman–Crippen LogP) is 2.31. The number of nitrogens with zero attached hydrogens (tertiary/aromatic N) is 2. The van der Waals surface area contributed by atoms with Crippen molar-refractivity contribution in [2.24, 2.45) is 0 Å². The number of rotatable bonds is 5. The lowest BCUT2D eigenvalue weighted by molar-refractivity contribution is 0.0698. The van der Waals surface area contributed by atoms with Crippen LogP contribution in [0.2, 0.25) is 0 Å². The highest BCUT2D eigenvalue weighted by Crippen LogP contribution is 2.19. The number of aromatic amines is 1. The number of hydrogen-bond acceptors (Lipinski definition) is 4. The Morgan fingerprint density at radius 3 is 2.86 bits per heavy atom. The normalized spacial score (nSPS) is 10.4. The van der Waals surface area contributed by atoms with Gasteiger partial charge in [0.15, 0.2) is 0 Å². The molecule has 0 fully saturated rings. The molecule has 0 bridgehead atoms. The summed E-state index contributed by atoms with van der Waals surface area (Å²) >= 11 is 2.01. The highest BCUT2D eigenvalue weighted by molar-refractivity contribution is 14.1. The van der Waals surface area contributed by atoms with Gasteiger partial charge >= 0.3 is 5.97 Å². The number of aromatic nitrogens is 3. The molecule has 0 aliphatic carbocycles. The summed E-state index contributed by atoms with van der Waals surface area (Å²) in [6.07, 6.45) is 1.58. The summed E-state index contributed by atoms with van der Waals surface area (Å²) in [5.41, 5.74) is 0.245. The van der Waals surface area contributed by atoms with Crippen molar-refractivity contribution in [2.45, 2.75) is 19.8 Å². The molecule has 0 saturated heterocycles. The summed E-state index contributed by atoms with van der Waals surface area (Å²) < 4.78 is 0.770. The number of carbonyl (C=O) groups excluding carboxylic acids is 1. The number of benzene rings is 1. The Bertz CT molecular complexity index is 684. The van der Waals surface area contributed by atoms with Gasteiger partial charge in [0.2, 0.25) is 5.82 Å². The average molecular weight is 400 g/mol. The maximum Gasteiger partial charge on any atom is 0.337 e. The van der Waals surface area contributed by atoms with Crippen LogP contribution in [0.4, 0.5) is 5.69 Å². The fraction of sp³-hybridized carbons (Fsp3) is 0.231. The minimum Gasteiger partial charge on any atom is -0.478 e. The lowest BCUT2D eigenvalue weighted by atomic mass is 10.2. The second kappa shape index (κ2) is 6.66. The zero-order valence-corrected chi connectivity index (χ0v) is 13.3. The summed E-state index contributed by atoms with van der Waals surface area (Å²) in [4.78, 5) is 27.3. The first-order valence-electron chi connectivity index (χ1n) is 6.26. The second-order valence-electron chi connectivity index (χ2n) is 4.30. The van der Waals surface area contributed by atoms with Crippen molar-refractivity contribution in [1.29, 1.82) is 0 Å². The van der Waals surface area contributed by atoms with Gasteiger partial charge in [0.25, 0.3) is 5.91 Å². The Hall–Kier alpha value is -1.97. The molecule has 8 heteroatoms. The molecule has 0 unspecified atom stereocenters. The molecule has 0 saturated carbocycles. The van der Waals surface area contributed by atoms with Gasteiger partial charge in [-0.3, -0.25) is 9.89 Å². The number of H-pyrrole nitrogens is 1. The monoisotopic (exact) mass is 400 g/mol. The average Bonchev–Trinajstić information content (AvgIpc) is 2.89. The van der Waals surface area contributed by atoms with Gasteiger partial charge in [-0.15, -0.1) is 5.10 Å². The first-order chi connectivity index (χ1) is 10.0. The number of aromatic carboxylic acids is 1. The van der Waals surface area contributed by atoms with E-state index < -0.39 is 11.9 Å². The molecule has 2 aromatic rings. The fourth-order valence-electron chi connectivity index (χ4n) is 1.73. The van der Waals surface area contributed by atoms with E-state index in [4.69, 9.17) is 5.11 Å². The van der Waals surface area contributed by atoms with E-state index in [0.29, 0.717) is 12.2 Å². The standard InChI is InChI=1S/C13H13IN4O3/c1-2-3-10-16-11(18-17-10)12(19)15-9-5-4-7(14)6-8(9)13(20)21/h4-6H,2-3H2,1H3,(H,15,19)(H,20,21)(H,16,17,18). The lowest BCUT2D eigenvalue weighted by Gasteiger charge is -2.07. The van der Waals surface area contributed by atoms with Crippen molar-refractivity contribution in [3.05, 3.63) is 39.0 Å². The topological polar surface area (TPSA) is 108 Å². The van der Waals surface area contributed by atoms with Gasteiger partial charge in [0.1, 0.15) is 5.82 Å². The minimum atomic E-state index is -1.11. The zero-order valence-electron chi connectivity index (χ0n) is 11.2. The van der Waals surface area contributed by atoms with Crippen molar-refractivity contribution >= 4 is 40.2 Å². The highest BCUT2D eigenvalue weighted by Gasteiger charge is 2.17. The summed E-state index contributed by atoms with van der Waals surface area (Å²) in [6, 6.07) is 4.74. The highest BCUT2D eigenvalue weighted by atomic mass is 127. The molecule has 3 N–H and O–H groups in total. The molecule has 1 aromatic carbocycles. The minimum absolute atomic E-state index is 0.00617. The molecular formula is C13H13IN4O3. The Morgan fingerprint density at radius 2 is 2.19 bits per heavy atom. The maximum absolute atomic E-state index is 12.0. The Morgan fingerprint density at radius 1 is 1.43 bits per heavy atom. The first kappa shape index (κ1) is 15.4. The van der Waals surface area contributed by atoms with E-state index in [-0.39, 0.29) is 17.1 Å². The Balaban J connectivity index is 2.20. The molecule has 0 spiro atoms. The number of carboxylic acid groups (broad SMARTS) is 1. The molecule has 1 aromatic heterocycles. The molecule has 110 valence electrons. The quantitative estimate of drug-likeness (QED) is 0.668. The molecule has 1 amide bonds. The van der Waals surface area contributed by atoms with Crippen LogP contribution in [0, 0.1) is 3.57 Å². The van der Waals surface area contributed by atoms with Crippen LogP contribution >= 0.6 is 22.6 Å². The van der Waals surface area contributed by atoms with Crippen molar-refractivity contribution < 1.29 is 14.7 Å². The van der Waals surface area contributed by atoms with E-state index in [1.54, 1.807) is 12.1 Å². The number of amides is 1. The molecular weight excluding hydrogens is 387 g/mol. The van der Waals surface area contributed by atoms with E-state index in [0.717, 1.165) is 9.99 Å². The second-order valence-corrected chi connectivity index (χ2v) is 5.55. The number of aryl methyl sites for hydroxylation is 1. The van der Waals surface area contributed by atoms with Crippen molar-refractivity contribution in [3.8, 4) is 0 Å². The smallest absolute Gasteiger partial charge is 0.337 e. The summed E-state index contributed by atoms with van der Waals surface area (Å²) in [5.74, 6) is -1.03.